The number of carbonyl (C=O) groups is 3. The second kappa shape index (κ2) is 11.0. The summed E-state index contributed by atoms with van der Waals surface area (Å²) in [7, 11) is 7.01. The molecule has 9 nitrogen and oxygen atoms in total. The minimum atomic E-state index is -0.278. The van der Waals surface area contributed by atoms with Crippen LogP contribution in [0.2, 0.25) is 0 Å². The Hall–Kier alpha value is -3.21. The first kappa shape index (κ1) is 26.4. The maximum absolute atomic E-state index is 13.7. The number of nitrogens with zero attached hydrogens (tertiary/aromatic N) is 4. The Kier molecular flexibility index (Phi) is 8.31. The van der Waals surface area contributed by atoms with Crippen LogP contribution < -0.4 is 19.3 Å². The first-order valence-electron chi connectivity index (χ1n) is 10.8. The second-order valence-electron chi connectivity index (χ2n) is 8.08. The normalized spacial score (nSPS) is 13.3. The van der Waals surface area contributed by atoms with Crippen molar-refractivity contribution in [2.24, 2.45) is 0 Å². The van der Waals surface area contributed by atoms with Crippen LogP contribution in [0.15, 0.2) is 36.4 Å². The van der Waals surface area contributed by atoms with Crippen LogP contribution in [0.1, 0.15) is 23.2 Å². The number of imide groups is 1. The third-order valence-corrected chi connectivity index (χ3v) is 6.64. The number of carbonyl (C=O) groups excluding carboxylic acids is 3. The minimum Gasteiger partial charge on any atom is -0.495 e. The average molecular weight is 519 g/mol. The van der Waals surface area contributed by atoms with Gasteiger partial charge in [0.05, 0.1) is 19.9 Å². The Balaban J connectivity index is 0.00000342. The van der Waals surface area contributed by atoms with Gasteiger partial charge in [0.2, 0.25) is 11.8 Å². The summed E-state index contributed by atoms with van der Waals surface area (Å²) in [6, 6.07) is 10.2. The standard InChI is InChI=1S/C24H26N4O5S.ClH/c1-26(2)12-13-27(24-25-21-17(32-3)8-9-18(33-4)22(21)34-24)23(31)15-6-5-7-16(14-15)28-19(29)10-11-20(28)30;/h5-9,14H,10-13H2,1-4H3;1H. The van der Waals surface area contributed by atoms with E-state index >= 15 is 0 Å². The highest BCUT2D eigenvalue weighted by molar-refractivity contribution is 7.22. The lowest BCUT2D eigenvalue weighted by atomic mass is 10.1. The zero-order valence-electron chi connectivity index (χ0n) is 19.9. The van der Waals surface area contributed by atoms with Crippen LogP contribution in [-0.2, 0) is 9.59 Å². The van der Waals surface area contributed by atoms with Gasteiger partial charge in [0.25, 0.3) is 5.91 Å². The van der Waals surface area contributed by atoms with E-state index in [0.29, 0.717) is 46.5 Å². The monoisotopic (exact) mass is 518 g/mol. The summed E-state index contributed by atoms with van der Waals surface area (Å²) in [4.78, 5) is 47.5. The number of methoxy groups -OCH3 is 2. The lowest BCUT2D eigenvalue weighted by molar-refractivity contribution is -0.121. The molecule has 3 amide bonds. The van der Waals surface area contributed by atoms with Gasteiger partial charge in [-0.05, 0) is 44.4 Å². The number of benzene rings is 2. The van der Waals surface area contributed by atoms with Crippen LogP contribution >= 0.6 is 23.7 Å². The summed E-state index contributed by atoms with van der Waals surface area (Å²) in [5, 5.41) is 0.503. The fraction of sp³-hybridized carbons (Fsp3) is 0.333. The molecule has 2 heterocycles. The highest BCUT2D eigenvalue weighted by Gasteiger charge is 2.31. The number of thiazole rings is 1. The molecule has 2 aromatic carbocycles. The van der Waals surface area contributed by atoms with Crippen LogP contribution in [0.4, 0.5) is 10.8 Å². The molecule has 186 valence electrons. The van der Waals surface area contributed by atoms with E-state index in [-0.39, 0.29) is 43.0 Å². The Morgan fingerprint density at radius 2 is 1.69 bits per heavy atom. The van der Waals surface area contributed by atoms with Crippen LogP contribution in [0.25, 0.3) is 10.2 Å². The van der Waals surface area contributed by atoms with E-state index in [4.69, 9.17) is 14.5 Å². The lowest BCUT2D eigenvalue weighted by Gasteiger charge is -2.23. The quantitative estimate of drug-likeness (QED) is 0.421. The number of rotatable bonds is 8. The van der Waals surface area contributed by atoms with E-state index in [1.54, 1.807) is 49.5 Å². The molecule has 0 atom stereocenters. The van der Waals surface area contributed by atoms with Crippen LogP contribution in [0.3, 0.4) is 0 Å². The van der Waals surface area contributed by atoms with E-state index in [0.717, 1.165) is 9.60 Å². The maximum Gasteiger partial charge on any atom is 0.260 e. The minimum absolute atomic E-state index is 0. The molecule has 3 aromatic rings. The fourth-order valence-corrected chi connectivity index (χ4v) is 4.87. The van der Waals surface area contributed by atoms with Crippen LogP contribution in [0.5, 0.6) is 11.5 Å². The van der Waals surface area contributed by atoms with Gasteiger partial charge >= 0.3 is 0 Å². The summed E-state index contributed by atoms with van der Waals surface area (Å²) in [6.45, 7) is 1.00. The molecule has 11 heteroatoms. The number of halogens is 1. The Labute approximate surface area is 213 Å². The molecule has 4 rings (SSSR count). The van der Waals surface area contributed by atoms with Gasteiger partial charge in [0.15, 0.2) is 5.13 Å². The topological polar surface area (TPSA) is 92.3 Å². The molecule has 0 bridgehead atoms. The largest absolute Gasteiger partial charge is 0.495 e. The first-order chi connectivity index (χ1) is 16.3. The molecular weight excluding hydrogens is 492 g/mol. The molecule has 0 unspecified atom stereocenters. The van der Waals surface area contributed by atoms with Crippen molar-refractivity contribution in [3.05, 3.63) is 42.0 Å². The molecule has 1 aliphatic rings. The molecule has 0 spiro atoms. The number of aromatic nitrogens is 1. The molecular formula is C24H27ClN4O5S. The average Bonchev–Trinajstić information content (AvgIpc) is 3.41. The highest BCUT2D eigenvalue weighted by atomic mass is 35.5. The summed E-state index contributed by atoms with van der Waals surface area (Å²) in [6.07, 6.45) is 0.364. The number of hydrogen-bond donors (Lipinski definition) is 0. The van der Waals surface area contributed by atoms with Crippen molar-refractivity contribution in [3.8, 4) is 11.5 Å². The van der Waals surface area contributed by atoms with E-state index in [1.807, 2.05) is 25.1 Å². The Morgan fingerprint density at radius 3 is 2.31 bits per heavy atom. The molecule has 1 saturated heterocycles. The van der Waals surface area contributed by atoms with Crippen molar-refractivity contribution >= 4 is 62.5 Å². The molecule has 35 heavy (non-hydrogen) atoms. The highest BCUT2D eigenvalue weighted by Crippen LogP contribution is 2.40. The fourth-order valence-electron chi connectivity index (χ4n) is 3.77. The molecule has 0 N–H and O–H groups in total. The summed E-state index contributed by atoms with van der Waals surface area (Å²) >= 11 is 1.34. The molecule has 0 saturated carbocycles. The second-order valence-corrected chi connectivity index (χ2v) is 9.06. The van der Waals surface area contributed by atoms with Crippen molar-refractivity contribution in [1.29, 1.82) is 0 Å². The van der Waals surface area contributed by atoms with E-state index in [2.05, 4.69) is 0 Å². The smallest absolute Gasteiger partial charge is 0.260 e. The van der Waals surface area contributed by atoms with Crippen molar-refractivity contribution in [2.45, 2.75) is 12.8 Å². The summed E-state index contributed by atoms with van der Waals surface area (Å²) in [5.74, 6) is 0.438. The van der Waals surface area contributed by atoms with Gasteiger partial charge in [-0.3, -0.25) is 24.2 Å². The number of ether oxygens (including phenoxy) is 2. The molecule has 0 radical (unpaired) electrons. The van der Waals surface area contributed by atoms with Gasteiger partial charge in [-0.2, -0.15) is 0 Å². The molecule has 1 fully saturated rings. The van der Waals surface area contributed by atoms with Crippen molar-refractivity contribution < 1.29 is 23.9 Å². The summed E-state index contributed by atoms with van der Waals surface area (Å²) in [5.41, 5.74) is 1.38. The summed E-state index contributed by atoms with van der Waals surface area (Å²) < 4.78 is 11.7. The van der Waals surface area contributed by atoms with Crippen molar-refractivity contribution in [3.63, 3.8) is 0 Å². The van der Waals surface area contributed by atoms with Crippen molar-refractivity contribution in [1.82, 2.24) is 9.88 Å². The molecule has 1 aliphatic heterocycles. The van der Waals surface area contributed by atoms with E-state index < -0.39 is 0 Å². The van der Waals surface area contributed by atoms with E-state index in [9.17, 15) is 14.4 Å². The molecule has 1 aromatic heterocycles. The molecule has 0 aliphatic carbocycles. The predicted molar refractivity (Wildman–Crippen MR) is 138 cm³/mol. The lowest BCUT2D eigenvalue weighted by Crippen LogP contribution is -2.37. The number of anilines is 2. The number of amides is 3. The third-order valence-electron chi connectivity index (χ3n) is 5.55. The van der Waals surface area contributed by atoms with Gasteiger partial charge in [-0.1, -0.05) is 17.4 Å². The van der Waals surface area contributed by atoms with Gasteiger partial charge in [-0.15, -0.1) is 12.4 Å². The van der Waals surface area contributed by atoms with Gasteiger partial charge in [-0.25, -0.2) is 4.98 Å². The SMILES string of the molecule is COc1ccc(OC)c2sc(N(CCN(C)C)C(=O)c3cccc(N4C(=O)CCC4=O)c3)nc12.Cl. The predicted octanol–water partition coefficient (Wildman–Crippen LogP) is 3.60. The Morgan fingerprint density at radius 1 is 1.03 bits per heavy atom. The van der Waals surface area contributed by atoms with Crippen LogP contribution in [-0.4, -0.2) is 69.0 Å². The number of fused-ring (bicyclic) bond motifs is 1. The maximum atomic E-state index is 13.7. The van der Waals surface area contributed by atoms with Gasteiger partial charge < -0.3 is 14.4 Å². The third kappa shape index (κ3) is 5.24. The van der Waals surface area contributed by atoms with Gasteiger partial charge in [0, 0.05) is 31.5 Å². The number of likely N-dealkylation sites (N-methyl/N-ethyl adjacent to an activating group) is 1. The van der Waals surface area contributed by atoms with Crippen molar-refractivity contribution in [2.75, 3.05) is 51.2 Å². The zero-order chi connectivity index (χ0) is 24.4. The number of hydrogen-bond acceptors (Lipinski definition) is 8. The Bertz CT molecular complexity index is 1200. The zero-order valence-corrected chi connectivity index (χ0v) is 21.6. The first-order valence-corrected chi connectivity index (χ1v) is 11.6. The van der Waals surface area contributed by atoms with E-state index in [1.165, 1.54) is 11.3 Å². The van der Waals surface area contributed by atoms with Gasteiger partial charge in [0.1, 0.15) is 21.7 Å². The van der Waals surface area contributed by atoms with Crippen LogP contribution in [0, 0.1) is 0 Å².